The van der Waals surface area contributed by atoms with Gasteiger partial charge in [0.2, 0.25) is 0 Å². The molecular formula is C37H46O16. The highest BCUT2D eigenvalue weighted by atomic mass is 16.8. The van der Waals surface area contributed by atoms with Gasteiger partial charge in [-0.1, -0.05) is 60.7 Å². The molecule has 2 aliphatic rings. The number of esters is 5. The molecule has 0 saturated carbocycles. The topological polar surface area (TPSA) is 187 Å². The number of benzene rings is 2. The van der Waals surface area contributed by atoms with Crippen LogP contribution in [0, 0.1) is 0 Å². The minimum absolute atomic E-state index is 0.142. The summed E-state index contributed by atoms with van der Waals surface area (Å²) in [5, 5.41) is 0. The van der Waals surface area contributed by atoms with Crippen LogP contribution in [0.2, 0.25) is 0 Å². The van der Waals surface area contributed by atoms with Crippen LogP contribution in [0.3, 0.4) is 0 Å². The highest BCUT2D eigenvalue weighted by Gasteiger charge is 2.55. The van der Waals surface area contributed by atoms with Crippen molar-refractivity contribution in [2.24, 2.45) is 0 Å². The molecule has 290 valence electrons. The molecule has 0 bridgehead atoms. The van der Waals surface area contributed by atoms with Crippen molar-refractivity contribution in [1.29, 1.82) is 0 Å². The quantitative estimate of drug-likeness (QED) is 0.170. The van der Waals surface area contributed by atoms with Crippen molar-refractivity contribution in [1.82, 2.24) is 0 Å². The Bertz CT molecular complexity index is 1500. The first-order chi connectivity index (χ1) is 25.4. The molecule has 0 amide bonds. The summed E-state index contributed by atoms with van der Waals surface area (Å²) in [5.41, 5.74) is 1.74. The first-order valence-electron chi connectivity index (χ1n) is 16.9. The first kappa shape index (κ1) is 41.3. The summed E-state index contributed by atoms with van der Waals surface area (Å²) in [6, 6.07) is 18.9. The molecular weight excluding hydrogens is 700 g/mol. The van der Waals surface area contributed by atoms with E-state index in [4.69, 9.17) is 52.1 Å². The lowest BCUT2D eigenvalue weighted by Crippen LogP contribution is -2.67. The van der Waals surface area contributed by atoms with Crippen LogP contribution in [0.4, 0.5) is 0 Å². The first-order valence-corrected chi connectivity index (χ1v) is 16.9. The van der Waals surface area contributed by atoms with Crippen molar-refractivity contribution in [3.63, 3.8) is 0 Å². The molecule has 2 heterocycles. The van der Waals surface area contributed by atoms with E-state index in [9.17, 15) is 24.0 Å². The molecule has 2 saturated heterocycles. The smallest absolute Gasteiger partial charge is 0.303 e. The van der Waals surface area contributed by atoms with E-state index in [1.54, 1.807) is 0 Å². The molecule has 16 nitrogen and oxygen atoms in total. The van der Waals surface area contributed by atoms with Gasteiger partial charge in [-0.05, 0) is 11.1 Å². The zero-order valence-corrected chi connectivity index (χ0v) is 30.4. The van der Waals surface area contributed by atoms with Gasteiger partial charge in [-0.25, -0.2) is 0 Å². The Kier molecular flexibility index (Phi) is 15.7. The second-order valence-corrected chi connectivity index (χ2v) is 12.3. The number of methoxy groups -OCH3 is 1. The summed E-state index contributed by atoms with van der Waals surface area (Å²) >= 11 is 0. The van der Waals surface area contributed by atoms with Crippen LogP contribution in [-0.2, 0) is 89.3 Å². The fourth-order valence-electron chi connectivity index (χ4n) is 5.96. The van der Waals surface area contributed by atoms with Crippen molar-refractivity contribution >= 4 is 29.8 Å². The number of fused-ring (bicyclic) bond motifs is 1. The molecule has 53 heavy (non-hydrogen) atoms. The number of hydrogen-bond donors (Lipinski definition) is 0. The standard InChI is InChI=1S/C37H46O16/c1-21(38)44-19-28(48-22(2)39)31(49-23(3)40)33(50-24(4)41)35(51-25(5)42)37-47-20-29-30(53-37)32(45-17-26-13-9-7-10-14-26)34(36(43-6)52-29)46-18-27-15-11-8-12-16-27/h7-16,28-37H,17-20H2,1-6H3/t28-,29+,30-,31+,32-,33+,34+,35-,36-,37-/m0/s1. The molecule has 0 spiro atoms. The van der Waals surface area contributed by atoms with Crippen LogP contribution in [-0.4, -0.2) is 112 Å². The molecule has 4 rings (SSSR count). The Morgan fingerprint density at radius 1 is 0.660 bits per heavy atom. The number of ether oxygens (including phenoxy) is 11. The summed E-state index contributed by atoms with van der Waals surface area (Å²) in [4.78, 5) is 61.6. The van der Waals surface area contributed by atoms with Gasteiger partial charge in [-0.2, -0.15) is 0 Å². The van der Waals surface area contributed by atoms with Gasteiger partial charge < -0.3 is 52.1 Å². The maximum atomic E-state index is 12.6. The van der Waals surface area contributed by atoms with Gasteiger partial charge in [0.15, 0.2) is 37.0 Å². The van der Waals surface area contributed by atoms with E-state index in [-0.39, 0.29) is 19.8 Å². The highest BCUT2D eigenvalue weighted by molar-refractivity contribution is 5.69. The largest absolute Gasteiger partial charge is 0.462 e. The number of carbonyl (C=O) groups is 5. The molecule has 0 radical (unpaired) electrons. The average molecular weight is 747 g/mol. The Labute approximate surface area is 307 Å². The summed E-state index contributed by atoms with van der Waals surface area (Å²) in [5.74, 6) is -4.23. The maximum absolute atomic E-state index is 12.6. The van der Waals surface area contributed by atoms with Crippen molar-refractivity contribution in [2.45, 2.75) is 109 Å². The van der Waals surface area contributed by atoms with E-state index in [1.807, 2.05) is 60.7 Å². The third kappa shape index (κ3) is 12.3. The predicted octanol–water partition coefficient (Wildman–Crippen LogP) is 2.56. The van der Waals surface area contributed by atoms with E-state index in [1.165, 1.54) is 7.11 Å². The SMILES string of the molecule is CO[C@H]1O[C@@H]2CO[C@H]([C@@H](OC(C)=O)[C@H](OC(C)=O)[C@H](OC(C)=O)[C@H](COC(C)=O)OC(C)=O)O[C@@H]2[C@H](OCc2ccccc2)[C@H]1OCc1ccccc1. The molecule has 0 N–H and O–H groups in total. The Balaban J connectivity index is 1.73. The third-order valence-electron chi connectivity index (χ3n) is 8.07. The zero-order chi connectivity index (χ0) is 38.5. The minimum atomic E-state index is -1.73. The Morgan fingerprint density at radius 2 is 1.19 bits per heavy atom. The summed E-state index contributed by atoms with van der Waals surface area (Å²) < 4.78 is 64.7. The maximum Gasteiger partial charge on any atom is 0.303 e. The molecule has 16 heteroatoms. The van der Waals surface area contributed by atoms with Crippen molar-refractivity contribution in [3.05, 3.63) is 71.8 Å². The monoisotopic (exact) mass is 746 g/mol. The lowest BCUT2D eigenvalue weighted by molar-refractivity contribution is -0.380. The van der Waals surface area contributed by atoms with E-state index in [0.717, 1.165) is 45.7 Å². The molecule has 2 aromatic rings. The average Bonchev–Trinajstić information content (AvgIpc) is 3.12. The molecule has 2 aromatic carbocycles. The van der Waals surface area contributed by atoms with Crippen molar-refractivity contribution < 1.29 is 76.1 Å². The third-order valence-corrected chi connectivity index (χ3v) is 8.07. The van der Waals surface area contributed by atoms with E-state index >= 15 is 0 Å². The lowest BCUT2D eigenvalue weighted by atomic mass is 9.96. The lowest BCUT2D eigenvalue weighted by Gasteiger charge is -2.50. The van der Waals surface area contributed by atoms with Gasteiger partial charge in [0.1, 0.15) is 31.0 Å². The van der Waals surface area contributed by atoms with E-state index < -0.39 is 97.9 Å². The second-order valence-electron chi connectivity index (χ2n) is 12.3. The summed E-state index contributed by atoms with van der Waals surface area (Å²) in [6.07, 6.45) is -12.5. The molecule has 0 aliphatic carbocycles. The number of carbonyl (C=O) groups excluding carboxylic acids is 5. The Hall–Kier alpha value is -4.45. The number of rotatable bonds is 17. The van der Waals surface area contributed by atoms with Crippen LogP contribution in [0.5, 0.6) is 0 Å². The Morgan fingerprint density at radius 3 is 1.70 bits per heavy atom. The van der Waals surface area contributed by atoms with Crippen LogP contribution < -0.4 is 0 Å². The van der Waals surface area contributed by atoms with Gasteiger partial charge in [0.25, 0.3) is 0 Å². The van der Waals surface area contributed by atoms with Crippen LogP contribution in [0.25, 0.3) is 0 Å². The van der Waals surface area contributed by atoms with Crippen molar-refractivity contribution in [2.75, 3.05) is 20.3 Å². The minimum Gasteiger partial charge on any atom is -0.462 e. The number of hydrogen-bond acceptors (Lipinski definition) is 16. The van der Waals surface area contributed by atoms with Gasteiger partial charge in [0, 0.05) is 41.7 Å². The van der Waals surface area contributed by atoms with E-state index in [0.29, 0.717) is 0 Å². The van der Waals surface area contributed by atoms with Crippen LogP contribution >= 0.6 is 0 Å². The van der Waals surface area contributed by atoms with Gasteiger partial charge in [0.05, 0.1) is 19.8 Å². The normalized spacial score (nSPS) is 24.6. The van der Waals surface area contributed by atoms with Crippen LogP contribution in [0.15, 0.2) is 60.7 Å². The molecule has 0 unspecified atom stereocenters. The molecule has 10 atom stereocenters. The van der Waals surface area contributed by atoms with Gasteiger partial charge in [-0.3, -0.25) is 24.0 Å². The summed E-state index contributed by atoms with van der Waals surface area (Å²) in [7, 11) is 1.47. The van der Waals surface area contributed by atoms with E-state index in [2.05, 4.69) is 0 Å². The molecule has 0 aromatic heterocycles. The highest BCUT2D eigenvalue weighted by Crippen LogP contribution is 2.36. The second kappa shape index (κ2) is 20.1. The fourth-order valence-corrected chi connectivity index (χ4v) is 5.96. The van der Waals surface area contributed by atoms with Crippen molar-refractivity contribution in [3.8, 4) is 0 Å². The molecule has 2 aliphatic heterocycles. The van der Waals surface area contributed by atoms with Gasteiger partial charge >= 0.3 is 29.8 Å². The van der Waals surface area contributed by atoms with Crippen LogP contribution in [0.1, 0.15) is 45.7 Å². The predicted molar refractivity (Wildman–Crippen MR) is 179 cm³/mol. The van der Waals surface area contributed by atoms with Gasteiger partial charge in [-0.15, -0.1) is 0 Å². The summed E-state index contributed by atoms with van der Waals surface area (Å²) in [6.45, 7) is 4.95. The molecule has 2 fully saturated rings. The zero-order valence-electron chi connectivity index (χ0n) is 30.4. The fraction of sp³-hybridized carbons (Fsp3) is 0.541.